The van der Waals surface area contributed by atoms with Crippen LogP contribution in [-0.4, -0.2) is 66.2 Å². The first-order valence-corrected chi connectivity index (χ1v) is 12.7. The fourth-order valence-corrected chi connectivity index (χ4v) is 5.37. The van der Waals surface area contributed by atoms with Crippen molar-refractivity contribution >= 4 is 23.5 Å². The van der Waals surface area contributed by atoms with Crippen LogP contribution in [0.1, 0.15) is 36.0 Å². The number of carbonyl (C=O) groups excluding carboxylic acids is 1. The topological polar surface area (TPSA) is 91.7 Å². The van der Waals surface area contributed by atoms with Crippen LogP contribution in [0.15, 0.2) is 35.1 Å². The molecule has 3 saturated heterocycles. The number of piperidine rings is 1. The highest BCUT2D eigenvalue weighted by Gasteiger charge is 2.47. The van der Waals surface area contributed by atoms with Crippen LogP contribution in [0.25, 0.3) is 0 Å². The van der Waals surface area contributed by atoms with Crippen LogP contribution >= 0.6 is 0 Å². The average Bonchev–Trinajstić information content (AvgIpc) is 2.88. The van der Waals surface area contributed by atoms with Crippen LogP contribution in [0.5, 0.6) is 0 Å². The summed E-state index contributed by atoms with van der Waals surface area (Å²) in [6.07, 6.45) is -2.46. The summed E-state index contributed by atoms with van der Waals surface area (Å²) in [5, 5.41) is 5.34. The van der Waals surface area contributed by atoms with Crippen molar-refractivity contribution in [3.63, 3.8) is 0 Å². The van der Waals surface area contributed by atoms with E-state index in [9.17, 15) is 22.8 Å². The molecule has 1 aromatic heterocycles. The van der Waals surface area contributed by atoms with Crippen molar-refractivity contribution in [3.8, 4) is 0 Å². The minimum absolute atomic E-state index is 0. The molecule has 4 aliphatic heterocycles. The number of morpholine rings is 1. The highest BCUT2D eigenvalue weighted by molar-refractivity contribution is 5.89. The molecular formula is C25H37F3N6O3. The van der Waals surface area contributed by atoms with Gasteiger partial charge >= 0.3 is 12.2 Å². The summed E-state index contributed by atoms with van der Waals surface area (Å²) >= 11 is 0. The minimum atomic E-state index is -4.46. The maximum absolute atomic E-state index is 14.1. The molecule has 0 spiro atoms. The lowest BCUT2D eigenvalue weighted by Gasteiger charge is -2.46. The molecule has 2 N–H and O–H groups in total. The lowest BCUT2D eigenvalue weighted by molar-refractivity contribution is -0.152. The van der Waals surface area contributed by atoms with E-state index in [0.717, 1.165) is 18.4 Å². The van der Waals surface area contributed by atoms with Gasteiger partial charge in [-0.3, -0.25) is 9.36 Å². The Morgan fingerprint density at radius 2 is 2.00 bits per heavy atom. The molecule has 206 valence electrons. The standard InChI is InChI=1S/C25H31F3N6O3.3H2/c1-2-29-23(36)30-17-5-3-16(4-6-17)9-11-32-20(25(26,27)28)10-12-33-22(35)13-21(31-24(32)33)34-14-19-8-7-18(34)15-37-19;;;/h3-6,13,18-20H,2,7-12,14-15H2,1H3,(H2,29,30,36);3*1H/t18?,19-,20-;;;/m0.../s1. The number of ether oxygens (including phenoxy) is 1. The Morgan fingerprint density at radius 1 is 1.22 bits per heavy atom. The zero-order chi connectivity index (χ0) is 26.2. The van der Waals surface area contributed by atoms with E-state index in [4.69, 9.17) is 4.74 Å². The van der Waals surface area contributed by atoms with Gasteiger partial charge in [0, 0.05) is 42.2 Å². The van der Waals surface area contributed by atoms with Crippen LogP contribution in [0.3, 0.4) is 0 Å². The van der Waals surface area contributed by atoms with E-state index >= 15 is 0 Å². The Hall–Kier alpha value is -3.28. The Balaban J connectivity index is 0.00000187. The molecule has 12 heteroatoms. The Labute approximate surface area is 217 Å². The van der Waals surface area contributed by atoms with Gasteiger partial charge in [-0.2, -0.15) is 18.2 Å². The van der Waals surface area contributed by atoms with Gasteiger partial charge in [0.15, 0.2) is 0 Å². The van der Waals surface area contributed by atoms with Crippen LogP contribution in [0, 0.1) is 0 Å². The van der Waals surface area contributed by atoms with Crippen molar-refractivity contribution in [1.29, 1.82) is 0 Å². The monoisotopic (exact) mass is 526 g/mol. The molecule has 9 nitrogen and oxygen atoms in total. The fourth-order valence-electron chi connectivity index (χ4n) is 5.37. The summed E-state index contributed by atoms with van der Waals surface area (Å²) in [6, 6.07) is 6.43. The first-order valence-electron chi connectivity index (χ1n) is 12.7. The summed E-state index contributed by atoms with van der Waals surface area (Å²) in [7, 11) is 0. The number of nitrogens with zero attached hydrogens (tertiary/aromatic N) is 4. The van der Waals surface area contributed by atoms with Gasteiger partial charge in [0.25, 0.3) is 5.56 Å². The lowest BCUT2D eigenvalue weighted by atomic mass is 9.97. The summed E-state index contributed by atoms with van der Waals surface area (Å²) in [5.41, 5.74) is 1.06. The Morgan fingerprint density at radius 3 is 2.62 bits per heavy atom. The van der Waals surface area contributed by atoms with Gasteiger partial charge in [-0.05, 0) is 50.3 Å². The molecule has 3 atom stereocenters. The number of hydrogen-bond acceptors (Lipinski definition) is 6. The highest BCUT2D eigenvalue weighted by Crippen LogP contribution is 2.36. The Kier molecular flexibility index (Phi) is 7.02. The summed E-state index contributed by atoms with van der Waals surface area (Å²) < 4.78 is 49.4. The fraction of sp³-hybridized carbons (Fsp3) is 0.560. The maximum Gasteiger partial charge on any atom is 0.408 e. The quantitative estimate of drug-likeness (QED) is 0.594. The van der Waals surface area contributed by atoms with Gasteiger partial charge < -0.3 is 25.2 Å². The number of alkyl halides is 3. The van der Waals surface area contributed by atoms with Crippen molar-refractivity contribution in [1.82, 2.24) is 14.9 Å². The average molecular weight is 527 g/mol. The zero-order valence-electron chi connectivity index (χ0n) is 20.6. The van der Waals surface area contributed by atoms with E-state index in [2.05, 4.69) is 15.6 Å². The Bertz CT molecular complexity index is 1190. The maximum atomic E-state index is 14.1. The van der Waals surface area contributed by atoms with Gasteiger partial charge in [0.05, 0.1) is 18.8 Å². The third kappa shape index (κ3) is 5.39. The van der Waals surface area contributed by atoms with E-state index in [1.54, 1.807) is 24.3 Å². The number of anilines is 3. The van der Waals surface area contributed by atoms with Crippen molar-refractivity contribution < 1.29 is 27.0 Å². The third-order valence-corrected chi connectivity index (χ3v) is 7.28. The van der Waals surface area contributed by atoms with Crippen molar-refractivity contribution in [2.75, 3.05) is 41.4 Å². The molecule has 2 bridgehead atoms. The normalized spacial score (nSPS) is 23.1. The molecule has 2 aromatic rings. The van der Waals surface area contributed by atoms with Crippen molar-refractivity contribution in [3.05, 3.63) is 46.2 Å². The number of nitrogens with one attached hydrogen (secondary N) is 2. The summed E-state index contributed by atoms with van der Waals surface area (Å²) in [5.74, 6) is 0.482. The molecule has 1 aromatic carbocycles. The molecule has 37 heavy (non-hydrogen) atoms. The van der Waals surface area contributed by atoms with E-state index in [1.807, 2.05) is 11.8 Å². The first kappa shape index (κ1) is 25.4. The van der Waals surface area contributed by atoms with Crippen LogP contribution in [0.2, 0.25) is 0 Å². The second-order valence-corrected chi connectivity index (χ2v) is 9.71. The number of benzene rings is 1. The number of carbonyl (C=O) groups is 1. The third-order valence-electron chi connectivity index (χ3n) is 7.28. The first-order chi connectivity index (χ1) is 17.7. The van der Waals surface area contributed by atoms with Gasteiger partial charge in [-0.25, -0.2) is 4.79 Å². The summed E-state index contributed by atoms with van der Waals surface area (Å²) in [6.45, 7) is 3.43. The second kappa shape index (κ2) is 10.2. The molecular weight excluding hydrogens is 489 g/mol. The number of rotatable bonds is 6. The number of halogens is 3. The zero-order valence-corrected chi connectivity index (χ0v) is 20.6. The molecule has 0 aliphatic carbocycles. The molecule has 2 amide bonds. The number of urea groups is 1. The summed E-state index contributed by atoms with van der Waals surface area (Å²) in [4.78, 5) is 32.6. The molecule has 0 radical (unpaired) electrons. The van der Waals surface area contributed by atoms with E-state index in [-0.39, 0.29) is 53.5 Å². The van der Waals surface area contributed by atoms with Crippen LogP contribution in [0.4, 0.5) is 35.4 Å². The molecule has 0 saturated carbocycles. The number of amides is 2. The van der Waals surface area contributed by atoms with Gasteiger partial charge in [-0.15, -0.1) is 0 Å². The van der Waals surface area contributed by atoms with Gasteiger partial charge in [0.1, 0.15) is 11.9 Å². The number of fused-ring (bicyclic) bond motifs is 4. The number of hydrogen-bond donors (Lipinski definition) is 2. The van der Waals surface area contributed by atoms with Crippen LogP contribution < -0.4 is 26.0 Å². The largest absolute Gasteiger partial charge is 0.408 e. The SMILES string of the molecule is CCNC(=O)Nc1ccc(CCN2c3nc(N4C[C@@H]5CCC4CO5)cc(=O)n3CC[C@H]2C(F)(F)F)cc1.[HH].[HH].[HH]. The molecule has 6 rings (SSSR count). The van der Waals surface area contributed by atoms with Crippen molar-refractivity contribution in [2.45, 2.75) is 63.5 Å². The highest BCUT2D eigenvalue weighted by atomic mass is 19.4. The minimum Gasteiger partial charge on any atom is -0.374 e. The van der Waals surface area contributed by atoms with E-state index < -0.39 is 12.2 Å². The molecule has 4 aliphatic rings. The number of aromatic nitrogens is 2. The smallest absolute Gasteiger partial charge is 0.374 e. The predicted molar refractivity (Wildman–Crippen MR) is 140 cm³/mol. The predicted octanol–water partition coefficient (Wildman–Crippen LogP) is 3.87. The van der Waals surface area contributed by atoms with Gasteiger partial charge in [-0.1, -0.05) is 12.1 Å². The lowest BCUT2D eigenvalue weighted by Crippen LogP contribution is -2.56. The van der Waals surface area contributed by atoms with Crippen molar-refractivity contribution in [2.24, 2.45) is 0 Å². The van der Waals surface area contributed by atoms with E-state index in [1.165, 1.54) is 15.5 Å². The van der Waals surface area contributed by atoms with E-state index in [0.29, 0.717) is 37.6 Å². The van der Waals surface area contributed by atoms with Gasteiger partial charge in [0.2, 0.25) is 5.95 Å². The molecule has 5 heterocycles. The van der Waals surface area contributed by atoms with Crippen LogP contribution in [-0.2, 0) is 17.7 Å². The molecule has 3 fully saturated rings. The molecule has 1 unspecified atom stereocenters. The second-order valence-electron chi connectivity index (χ2n) is 9.71.